The van der Waals surface area contributed by atoms with E-state index in [1.54, 1.807) is 35.3 Å². The van der Waals surface area contributed by atoms with E-state index in [2.05, 4.69) is 15.7 Å². The molecule has 2 aromatic carbocycles. The minimum absolute atomic E-state index is 0.316. The van der Waals surface area contributed by atoms with E-state index in [0.717, 1.165) is 11.1 Å². The summed E-state index contributed by atoms with van der Waals surface area (Å²) in [6, 6.07) is 14.6. The highest BCUT2D eigenvalue weighted by atomic mass is 16.3. The van der Waals surface area contributed by atoms with Crippen LogP contribution in [0.3, 0.4) is 0 Å². The van der Waals surface area contributed by atoms with Crippen molar-refractivity contribution in [3.63, 3.8) is 0 Å². The Bertz CT molecular complexity index is 1300. The zero-order chi connectivity index (χ0) is 26.0. The zero-order valence-corrected chi connectivity index (χ0v) is 21.0. The van der Waals surface area contributed by atoms with Crippen LogP contribution in [0, 0.1) is 25.7 Å². The zero-order valence-electron chi connectivity index (χ0n) is 21.0. The standard InChI is InChI=1S/C28H32N4O4/c1-5-32-16-19(15-29-32)23-24(26(34)30-20-12-8-6-10-17(20)2)22(33)14-28(4,36)25(23)27(35)31-21-13-9-7-11-18(21)3/h6-13,15-16,23-25,36H,5,14H2,1-4H3,(H,30,34)(H,31,35)/t23-,24+,25+,28-/m1/s1. The van der Waals surface area contributed by atoms with Gasteiger partial charge in [0.05, 0.1) is 17.7 Å². The number of hydrogen-bond donors (Lipinski definition) is 3. The van der Waals surface area contributed by atoms with Crippen molar-refractivity contribution in [2.24, 2.45) is 11.8 Å². The number of carbonyl (C=O) groups is 3. The normalized spacial score (nSPS) is 23.8. The van der Waals surface area contributed by atoms with Crippen LogP contribution in [0.4, 0.5) is 11.4 Å². The number of amides is 2. The summed E-state index contributed by atoms with van der Waals surface area (Å²) in [6.45, 7) is 7.73. The second-order valence-electron chi connectivity index (χ2n) is 9.72. The van der Waals surface area contributed by atoms with Gasteiger partial charge in [-0.1, -0.05) is 36.4 Å². The lowest BCUT2D eigenvalue weighted by atomic mass is 9.61. The number of nitrogens with zero attached hydrogens (tertiary/aromatic N) is 2. The van der Waals surface area contributed by atoms with E-state index in [-0.39, 0.29) is 6.42 Å². The van der Waals surface area contributed by atoms with Crippen LogP contribution in [0.2, 0.25) is 0 Å². The number of para-hydroxylation sites is 2. The van der Waals surface area contributed by atoms with Crippen molar-refractivity contribution < 1.29 is 19.5 Å². The van der Waals surface area contributed by atoms with Gasteiger partial charge in [-0.3, -0.25) is 19.1 Å². The van der Waals surface area contributed by atoms with Crippen molar-refractivity contribution in [3.05, 3.63) is 77.6 Å². The average molecular weight is 489 g/mol. The SMILES string of the molecule is CCn1cc([C@@H]2[C@@H](C(=O)Nc3ccccc3C)C(=O)C[C@@](C)(O)[C@@H]2C(=O)Nc2ccccc2C)cn1. The maximum atomic E-state index is 13.7. The van der Waals surface area contributed by atoms with Gasteiger partial charge in [-0.25, -0.2) is 0 Å². The molecule has 0 unspecified atom stereocenters. The summed E-state index contributed by atoms with van der Waals surface area (Å²) in [7, 11) is 0. The van der Waals surface area contributed by atoms with E-state index >= 15 is 0 Å². The van der Waals surface area contributed by atoms with Crippen molar-refractivity contribution in [2.75, 3.05) is 10.6 Å². The van der Waals surface area contributed by atoms with Crippen LogP contribution in [0.1, 0.15) is 42.9 Å². The molecular weight excluding hydrogens is 456 g/mol. The predicted molar refractivity (Wildman–Crippen MR) is 137 cm³/mol. The highest BCUT2D eigenvalue weighted by Gasteiger charge is 2.56. The summed E-state index contributed by atoms with van der Waals surface area (Å²) < 4.78 is 1.68. The summed E-state index contributed by atoms with van der Waals surface area (Å²) in [4.78, 5) is 40.7. The van der Waals surface area contributed by atoms with Gasteiger partial charge < -0.3 is 15.7 Å². The fourth-order valence-corrected chi connectivity index (χ4v) is 5.06. The molecule has 4 rings (SSSR count). The van der Waals surface area contributed by atoms with Crippen LogP contribution in [0.25, 0.3) is 0 Å². The van der Waals surface area contributed by atoms with Crippen LogP contribution < -0.4 is 10.6 Å². The summed E-state index contributed by atoms with van der Waals surface area (Å²) in [5.74, 6) is -4.53. The van der Waals surface area contributed by atoms with E-state index in [4.69, 9.17) is 0 Å². The first-order valence-corrected chi connectivity index (χ1v) is 12.1. The molecule has 0 bridgehead atoms. The second-order valence-corrected chi connectivity index (χ2v) is 9.72. The first kappa shape index (κ1) is 25.3. The number of aromatic nitrogens is 2. The van der Waals surface area contributed by atoms with Gasteiger partial charge in [-0.05, 0) is 56.5 Å². The number of nitrogens with one attached hydrogen (secondary N) is 2. The molecule has 8 nitrogen and oxygen atoms in total. The molecule has 0 saturated heterocycles. The maximum absolute atomic E-state index is 13.7. The van der Waals surface area contributed by atoms with Crippen molar-refractivity contribution in [1.82, 2.24) is 9.78 Å². The molecule has 8 heteroatoms. The largest absolute Gasteiger partial charge is 0.389 e. The van der Waals surface area contributed by atoms with Crippen LogP contribution in [0.5, 0.6) is 0 Å². The molecule has 3 N–H and O–H groups in total. The Labute approximate surface area is 210 Å². The van der Waals surface area contributed by atoms with Crippen LogP contribution in [-0.2, 0) is 20.9 Å². The average Bonchev–Trinajstić information content (AvgIpc) is 3.30. The minimum atomic E-state index is -1.66. The molecule has 0 aliphatic heterocycles. The van der Waals surface area contributed by atoms with Gasteiger partial charge in [0.1, 0.15) is 11.7 Å². The smallest absolute Gasteiger partial charge is 0.235 e. The molecular formula is C28H32N4O4. The lowest BCUT2D eigenvalue weighted by molar-refractivity contribution is -0.150. The first-order chi connectivity index (χ1) is 17.1. The summed E-state index contributed by atoms with van der Waals surface area (Å²) in [5.41, 5.74) is 1.81. The third kappa shape index (κ3) is 4.95. The lowest BCUT2D eigenvalue weighted by Gasteiger charge is -2.44. The molecule has 36 heavy (non-hydrogen) atoms. The van der Waals surface area contributed by atoms with Gasteiger partial charge in [-0.15, -0.1) is 0 Å². The third-order valence-electron chi connectivity index (χ3n) is 7.00. The summed E-state index contributed by atoms with van der Waals surface area (Å²) in [5, 5.41) is 21.5. The molecule has 1 fully saturated rings. The van der Waals surface area contributed by atoms with Gasteiger partial charge in [0, 0.05) is 36.5 Å². The molecule has 2 amide bonds. The number of rotatable bonds is 6. The maximum Gasteiger partial charge on any atom is 0.235 e. The quantitative estimate of drug-likeness (QED) is 0.457. The van der Waals surface area contributed by atoms with Gasteiger partial charge in [0.25, 0.3) is 0 Å². The Morgan fingerprint density at radius 1 is 1.03 bits per heavy atom. The Morgan fingerprint density at radius 2 is 1.58 bits per heavy atom. The van der Waals surface area contributed by atoms with Crippen molar-refractivity contribution in [1.29, 1.82) is 0 Å². The van der Waals surface area contributed by atoms with Gasteiger partial charge in [-0.2, -0.15) is 5.10 Å². The highest BCUT2D eigenvalue weighted by Crippen LogP contribution is 2.46. The Kier molecular flexibility index (Phi) is 7.08. The van der Waals surface area contributed by atoms with Crippen molar-refractivity contribution in [2.45, 2.75) is 52.2 Å². The molecule has 1 saturated carbocycles. The predicted octanol–water partition coefficient (Wildman–Crippen LogP) is 3.84. The highest BCUT2D eigenvalue weighted by molar-refractivity contribution is 6.10. The first-order valence-electron chi connectivity index (χ1n) is 12.1. The van der Waals surface area contributed by atoms with E-state index in [1.807, 2.05) is 51.1 Å². The second kappa shape index (κ2) is 10.1. The number of aliphatic hydroxyl groups is 1. The van der Waals surface area contributed by atoms with Gasteiger partial charge in [0.15, 0.2) is 0 Å². The number of benzene rings is 2. The van der Waals surface area contributed by atoms with Crippen molar-refractivity contribution >= 4 is 29.0 Å². The number of ketones is 1. The molecule has 188 valence electrons. The molecule has 4 atom stereocenters. The number of anilines is 2. The van der Waals surface area contributed by atoms with Gasteiger partial charge in [0.2, 0.25) is 11.8 Å². The fraction of sp³-hybridized carbons (Fsp3) is 0.357. The molecule has 1 aromatic heterocycles. The fourth-order valence-electron chi connectivity index (χ4n) is 5.06. The lowest BCUT2D eigenvalue weighted by Crippen LogP contribution is -2.56. The topological polar surface area (TPSA) is 113 Å². The van der Waals surface area contributed by atoms with Crippen LogP contribution in [0.15, 0.2) is 60.9 Å². The summed E-state index contributed by atoms with van der Waals surface area (Å²) in [6.07, 6.45) is 3.00. The molecule has 3 aromatic rings. The number of Topliss-reactive ketones (excluding diaryl/α,β-unsaturated/α-hetero) is 1. The van der Waals surface area contributed by atoms with Crippen LogP contribution >= 0.6 is 0 Å². The monoisotopic (exact) mass is 488 g/mol. The summed E-state index contributed by atoms with van der Waals surface area (Å²) >= 11 is 0. The minimum Gasteiger partial charge on any atom is -0.389 e. The number of hydrogen-bond acceptors (Lipinski definition) is 5. The van der Waals surface area contributed by atoms with E-state index in [9.17, 15) is 19.5 Å². The molecule has 1 aliphatic carbocycles. The van der Waals surface area contributed by atoms with E-state index in [1.165, 1.54) is 6.92 Å². The van der Waals surface area contributed by atoms with Gasteiger partial charge >= 0.3 is 0 Å². The number of aryl methyl sites for hydroxylation is 3. The third-order valence-corrected chi connectivity index (χ3v) is 7.00. The van der Waals surface area contributed by atoms with E-state index < -0.39 is 41.0 Å². The van der Waals surface area contributed by atoms with Crippen LogP contribution in [-0.4, -0.2) is 38.1 Å². The number of carbonyl (C=O) groups excluding carboxylic acids is 3. The molecule has 1 heterocycles. The Balaban J connectivity index is 1.77. The molecule has 0 spiro atoms. The molecule has 1 aliphatic rings. The Hall–Kier alpha value is -3.78. The van der Waals surface area contributed by atoms with E-state index in [0.29, 0.717) is 23.5 Å². The molecule has 0 radical (unpaired) electrons. The van der Waals surface area contributed by atoms with Crippen molar-refractivity contribution in [3.8, 4) is 0 Å². The Morgan fingerprint density at radius 3 is 2.11 bits per heavy atom.